The van der Waals surface area contributed by atoms with Crippen LogP contribution >= 0.6 is 0 Å². The smallest absolute Gasteiger partial charge is 0.227 e. The molecule has 0 aromatic carbocycles. The van der Waals surface area contributed by atoms with Crippen LogP contribution in [-0.4, -0.2) is 73.4 Å². The highest BCUT2D eigenvalue weighted by Crippen LogP contribution is 2.39. The fourth-order valence-corrected chi connectivity index (χ4v) is 4.13. The summed E-state index contributed by atoms with van der Waals surface area (Å²) in [6, 6.07) is 0. The van der Waals surface area contributed by atoms with Crippen LogP contribution in [0.4, 0.5) is 11.8 Å². The molecule has 2 saturated heterocycles. The summed E-state index contributed by atoms with van der Waals surface area (Å²) in [5, 5.41) is 10.7. The number of aliphatic hydroxyl groups is 1. The quantitative estimate of drug-likeness (QED) is 0.882. The number of aliphatic hydroxyl groups excluding tert-OH is 1. The van der Waals surface area contributed by atoms with E-state index in [0.717, 1.165) is 62.8 Å². The zero-order valence-electron chi connectivity index (χ0n) is 14.8. The normalized spacial score (nSPS) is 29.1. The fraction of sp³-hybridized carbons (Fsp3) is 0.765. The van der Waals surface area contributed by atoms with Crippen molar-refractivity contribution in [2.24, 2.45) is 5.41 Å². The first-order valence-corrected chi connectivity index (χ1v) is 8.54. The molecule has 0 unspecified atom stereocenters. The van der Waals surface area contributed by atoms with Crippen LogP contribution < -0.4 is 9.80 Å². The molecule has 0 bridgehead atoms. The van der Waals surface area contributed by atoms with Crippen molar-refractivity contribution in [1.29, 1.82) is 0 Å². The van der Waals surface area contributed by atoms with Crippen LogP contribution in [0.5, 0.6) is 0 Å². The molecule has 128 valence electrons. The minimum Gasteiger partial charge on any atom is -0.392 e. The van der Waals surface area contributed by atoms with E-state index in [-0.39, 0.29) is 11.5 Å². The molecule has 1 spiro atoms. The molecular formula is C17H29N5O. The molecule has 3 rings (SSSR count). The Bertz CT molecular complexity index is 564. The van der Waals surface area contributed by atoms with Crippen molar-refractivity contribution in [3.05, 3.63) is 11.8 Å². The Morgan fingerprint density at radius 2 is 2.09 bits per heavy atom. The first-order valence-electron chi connectivity index (χ1n) is 8.54. The average molecular weight is 319 g/mol. The van der Waals surface area contributed by atoms with E-state index in [1.54, 1.807) is 0 Å². The molecular weight excluding hydrogens is 290 g/mol. The molecule has 1 aromatic rings. The van der Waals surface area contributed by atoms with Crippen molar-refractivity contribution in [2.45, 2.75) is 32.3 Å². The van der Waals surface area contributed by atoms with E-state index >= 15 is 0 Å². The van der Waals surface area contributed by atoms with Gasteiger partial charge in [0.2, 0.25) is 5.95 Å². The van der Waals surface area contributed by atoms with Crippen molar-refractivity contribution in [1.82, 2.24) is 14.9 Å². The molecule has 1 aromatic heterocycles. The summed E-state index contributed by atoms with van der Waals surface area (Å²) in [5.41, 5.74) is 1.04. The Morgan fingerprint density at radius 3 is 2.83 bits per heavy atom. The van der Waals surface area contributed by atoms with Crippen LogP contribution in [0.3, 0.4) is 0 Å². The number of nitrogens with zero attached hydrogens (tertiary/aromatic N) is 5. The van der Waals surface area contributed by atoms with Gasteiger partial charge in [-0.2, -0.15) is 4.98 Å². The number of piperidine rings is 2. The van der Waals surface area contributed by atoms with Crippen LogP contribution in [0, 0.1) is 12.3 Å². The van der Waals surface area contributed by atoms with Gasteiger partial charge in [0, 0.05) is 57.4 Å². The Balaban J connectivity index is 1.85. The van der Waals surface area contributed by atoms with E-state index in [0.29, 0.717) is 0 Å². The lowest BCUT2D eigenvalue weighted by Gasteiger charge is -2.50. The Morgan fingerprint density at radius 1 is 1.30 bits per heavy atom. The van der Waals surface area contributed by atoms with Gasteiger partial charge in [0.25, 0.3) is 0 Å². The molecule has 6 nitrogen and oxygen atoms in total. The third-order valence-corrected chi connectivity index (χ3v) is 5.32. The summed E-state index contributed by atoms with van der Waals surface area (Å²) in [6.07, 6.45) is 4.71. The van der Waals surface area contributed by atoms with Gasteiger partial charge in [-0.15, -0.1) is 0 Å². The minimum absolute atomic E-state index is 0.0439. The van der Waals surface area contributed by atoms with Gasteiger partial charge in [0.05, 0.1) is 6.10 Å². The maximum atomic E-state index is 10.7. The maximum absolute atomic E-state index is 10.7. The molecule has 2 atom stereocenters. The third kappa shape index (κ3) is 3.15. The molecule has 23 heavy (non-hydrogen) atoms. The highest BCUT2D eigenvalue weighted by molar-refractivity contribution is 5.48. The van der Waals surface area contributed by atoms with Crippen molar-refractivity contribution in [3.8, 4) is 0 Å². The van der Waals surface area contributed by atoms with E-state index in [1.165, 1.54) is 0 Å². The highest BCUT2D eigenvalue weighted by atomic mass is 16.3. The Labute approximate surface area is 139 Å². The SMILES string of the molecule is Cc1cnc(N2CCC[C@]3(CN(C)CC[C@@H]3O)C2)nc1N(C)C. The Kier molecular flexibility index (Phi) is 4.47. The second-order valence-corrected chi connectivity index (χ2v) is 7.50. The second kappa shape index (κ2) is 6.24. The predicted octanol–water partition coefficient (Wildman–Crippen LogP) is 1.13. The summed E-state index contributed by atoms with van der Waals surface area (Å²) in [4.78, 5) is 16.0. The molecule has 6 heteroatoms. The highest BCUT2D eigenvalue weighted by Gasteiger charge is 2.45. The van der Waals surface area contributed by atoms with E-state index in [1.807, 2.05) is 32.1 Å². The lowest BCUT2D eigenvalue weighted by atomic mass is 9.72. The molecule has 2 aliphatic heterocycles. The van der Waals surface area contributed by atoms with E-state index in [4.69, 9.17) is 4.98 Å². The molecule has 3 heterocycles. The standard InChI is InChI=1S/C17H29N5O/c1-13-10-18-16(19-15(13)20(2)3)22-8-5-7-17(12-22)11-21(4)9-6-14(17)23/h10,14,23H,5-9,11-12H2,1-4H3/t14-,17-/m0/s1. The van der Waals surface area contributed by atoms with Crippen LogP contribution in [0.25, 0.3) is 0 Å². The fourth-order valence-electron chi connectivity index (χ4n) is 4.13. The van der Waals surface area contributed by atoms with Gasteiger partial charge < -0.3 is 19.8 Å². The van der Waals surface area contributed by atoms with Gasteiger partial charge in [-0.05, 0) is 33.2 Å². The van der Waals surface area contributed by atoms with E-state index < -0.39 is 0 Å². The molecule has 0 radical (unpaired) electrons. The lowest BCUT2D eigenvalue weighted by Crippen LogP contribution is -2.58. The zero-order chi connectivity index (χ0) is 16.6. The van der Waals surface area contributed by atoms with Gasteiger partial charge in [0.1, 0.15) is 5.82 Å². The molecule has 0 aliphatic carbocycles. The van der Waals surface area contributed by atoms with Gasteiger partial charge >= 0.3 is 0 Å². The molecule has 0 amide bonds. The monoisotopic (exact) mass is 319 g/mol. The molecule has 0 saturated carbocycles. The van der Waals surface area contributed by atoms with Crippen molar-refractivity contribution >= 4 is 11.8 Å². The maximum Gasteiger partial charge on any atom is 0.227 e. The molecule has 1 N–H and O–H groups in total. The topological polar surface area (TPSA) is 55.7 Å². The van der Waals surface area contributed by atoms with Crippen molar-refractivity contribution < 1.29 is 5.11 Å². The van der Waals surface area contributed by atoms with Crippen LogP contribution in [0.2, 0.25) is 0 Å². The summed E-state index contributed by atoms with van der Waals surface area (Å²) in [6.45, 7) is 5.78. The number of rotatable bonds is 2. The zero-order valence-corrected chi connectivity index (χ0v) is 14.8. The number of hydrogen-bond donors (Lipinski definition) is 1. The summed E-state index contributed by atoms with van der Waals surface area (Å²) in [5.74, 6) is 1.76. The number of hydrogen-bond acceptors (Lipinski definition) is 6. The van der Waals surface area contributed by atoms with Gasteiger partial charge in [-0.25, -0.2) is 4.98 Å². The first kappa shape index (κ1) is 16.5. The van der Waals surface area contributed by atoms with Gasteiger partial charge in [0.15, 0.2) is 0 Å². The minimum atomic E-state index is -0.222. The molecule has 2 aliphatic rings. The largest absolute Gasteiger partial charge is 0.392 e. The van der Waals surface area contributed by atoms with Crippen LogP contribution in [-0.2, 0) is 0 Å². The van der Waals surface area contributed by atoms with E-state index in [9.17, 15) is 5.11 Å². The summed E-state index contributed by atoms with van der Waals surface area (Å²) in [7, 11) is 6.17. The second-order valence-electron chi connectivity index (χ2n) is 7.50. The summed E-state index contributed by atoms with van der Waals surface area (Å²) >= 11 is 0. The average Bonchev–Trinajstić information content (AvgIpc) is 2.52. The molecule has 2 fully saturated rings. The van der Waals surface area contributed by atoms with Crippen LogP contribution in [0.1, 0.15) is 24.8 Å². The number of likely N-dealkylation sites (tertiary alicyclic amines) is 1. The van der Waals surface area contributed by atoms with Crippen molar-refractivity contribution in [3.63, 3.8) is 0 Å². The number of anilines is 2. The number of aryl methyl sites for hydroxylation is 1. The van der Waals surface area contributed by atoms with Crippen molar-refractivity contribution in [2.75, 3.05) is 57.1 Å². The number of aromatic nitrogens is 2. The lowest BCUT2D eigenvalue weighted by molar-refractivity contribution is -0.0467. The predicted molar refractivity (Wildman–Crippen MR) is 93.1 cm³/mol. The van der Waals surface area contributed by atoms with Gasteiger partial charge in [-0.1, -0.05) is 0 Å². The van der Waals surface area contributed by atoms with Crippen LogP contribution in [0.15, 0.2) is 6.20 Å². The third-order valence-electron chi connectivity index (χ3n) is 5.32. The summed E-state index contributed by atoms with van der Waals surface area (Å²) < 4.78 is 0. The van der Waals surface area contributed by atoms with E-state index in [2.05, 4.69) is 21.8 Å². The first-order chi connectivity index (χ1) is 10.9. The van der Waals surface area contributed by atoms with Gasteiger partial charge in [-0.3, -0.25) is 0 Å². The Hall–Kier alpha value is -1.40.